The number of carbonyl (C=O) groups is 1. The summed E-state index contributed by atoms with van der Waals surface area (Å²) in [5.41, 5.74) is 0.459. The van der Waals surface area contributed by atoms with E-state index in [1.807, 2.05) is 0 Å². The lowest BCUT2D eigenvalue weighted by atomic mass is 10.00. The fourth-order valence-corrected chi connectivity index (χ4v) is 2.99. The standard InChI is InChI=1S/C13H19NO6/c1-4-17-12(15)8-7-9(14-16)10-6(19-11(7)8)5-18-13(2,3)20-10/h6-8,10-11,16H,4-5H2,1-3H3/t6-,7-,8+,10-,11+/m1/s1. The number of nitrogens with zero attached hydrogens (tertiary/aromatic N) is 1. The minimum absolute atomic E-state index is 0.255. The highest BCUT2D eigenvalue weighted by atomic mass is 16.7. The van der Waals surface area contributed by atoms with E-state index in [2.05, 4.69) is 5.16 Å². The van der Waals surface area contributed by atoms with E-state index in [0.29, 0.717) is 18.9 Å². The van der Waals surface area contributed by atoms with Crippen molar-refractivity contribution in [3.8, 4) is 0 Å². The van der Waals surface area contributed by atoms with Crippen molar-refractivity contribution in [3.05, 3.63) is 0 Å². The predicted octanol–water partition coefficient (Wildman–Crippen LogP) is 0.545. The Bertz CT molecular complexity index is 448. The van der Waals surface area contributed by atoms with Gasteiger partial charge in [0, 0.05) is 5.92 Å². The van der Waals surface area contributed by atoms with Crippen LogP contribution in [0.4, 0.5) is 0 Å². The van der Waals surface area contributed by atoms with Gasteiger partial charge in [0.05, 0.1) is 30.9 Å². The molecule has 0 unspecified atom stereocenters. The molecule has 1 aliphatic carbocycles. The van der Waals surface area contributed by atoms with E-state index in [0.717, 1.165) is 0 Å². The molecule has 7 heteroatoms. The van der Waals surface area contributed by atoms with Crippen molar-refractivity contribution in [3.63, 3.8) is 0 Å². The number of hydrogen-bond donors (Lipinski definition) is 1. The van der Waals surface area contributed by atoms with Crippen LogP contribution in [-0.4, -0.2) is 54.2 Å². The first-order valence-corrected chi connectivity index (χ1v) is 6.84. The van der Waals surface area contributed by atoms with Gasteiger partial charge in [-0.3, -0.25) is 4.79 Å². The zero-order valence-electron chi connectivity index (χ0n) is 11.7. The van der Waals surface area contributed by atoms with Gasteiger partial charge in [-0.05, 0) is 20.8 Å². The largest absolute Gasteiger partial charge is 0.466 e. The van der Waals surface area contributed by atoms with E-state index < -0.39 is 17.8 Å². The molecule has 0 bridgehead atoms. The van der Waals surface area contributed by atoms with Gasteiger partial charge in [0.2, 0.25) is 0 Å². The summed E-state index contributed by atoms with van der Waals surface area (Å²) in [7, 11) is 0. The highest BCUT2D eigenvalue weighted by Crippen LogP contribution is 2.50. The third-order valence-electron chi connectivity index (χ3n) is 3.94. The molecule has 0 aromatic carbocycles. The molecular formula is C13H19NO6. The molecule has 0 aromatic rings. The molecule has 0 spiro atoms. The van der Waals surface area contributed by atoms with Gasteiger partial charge < -0.3 is 24.2 Å². The molecule has 3 fully saturated rings. The minimum atomic E-state index is -0.762. The van der Waals surface area contributed by atoms with E-state index >= 15 is 0 Å². The predicted molar refractivity (Wildman–Crippen MR) is 66.4 cm³/mol. The molecule has 3 aliphatic rings. The van der Waals surface area contributed by atoms with Gasteiger partial charge in [0.1, 0.15) is 12.2 Å². The second-order valence-electron chi connectivity index (χ2n) is 5.72. The van der Waals surface area contributed by atoms with Crippen molar-refractivity contribution in [2.75, 3.05) is 13.2 Å². The van der Waals surface area contributed by atoms with Gasteiger partial charge in [-0.2, -0.15) is 0 Å². The number of hydrogen-bond acceptors (Lipinski definition) is 7. The van der Waals surface area contributed by atoms with Gasteiger partial charge in [-0.15, -0.1) is 0 Å². The first-order chi connectivity index (χ1) is 9.48. The Morgan fingerprint density at radius 3 is 2.95 bits per heavy atom. The topological polar surface area (TPSA) is 86.6 Å². The summed E-state index contributed by atoms with van der Waals surface area (Å²) in [6.45, 7) is 6.00. The summed E-state index contributed by atoms with van der Waals surface area (Å²) in [5.74, 6) is -1.74. The molecular weight excluding hydrogens is 266 g/mol. The Morgan fingerprint density at radius 1 is 1.55 bits per heavy atom. The Labute approximate surface area is 116 Å². The Balaban J connectivity index is 1.79. The van der Waals surface area contributed by atoms with E-state index in [1.165, 1.54) is 0 Å². The summed E-state index contributed by atoms with van der Waals surface area (Å²) in [6, 6.07) is 0. The number of ether oxygens (including phenoxy) is 4. The number of rotatable bonds is 2. The smallest absolute Gasteiger partial charge is 0.312 e. The molecule has 2 heterocycles. The lowest BCUT2D eigenvalue weighted by Crippen LogP contribution is -2.56. The monoisotopic (exact) mass is 285 g/mol. The second kappa shape index (κ2) is 4.68. The van der Waals surface area contributed by atoms with Crippen LogP contribution in [0.1, 0.15) is 20.8 Å². The van der Waals surface area contributed by atoms with Gasteiger partial charge >= 0.3 is 5.97 Å². The van der Waals surface area contributed by atoms with Crippen molar-refractivity contribution in [1.82, 2.24) is 0 Å². The first kappa shape index (κ1) is 13.8. The van der Waals surface area contributed by atoms with Crippen molar-refractivity contribution in [1.29, 1.82) is 0 Å². The summed E-state index contributed by atoms with van der Waals surface area (Å²) in [6.07, 6.45) is -1.13. The third-order valence-corrected chi connectivity index (χ3v) is 3.94. The molecule has 0 radical (unpaired) electrons. The highest BCUT2D eigenvalue weighted by molar-refractivity contribution is 6.00. The molecule has 5 atom stereocenters. The molecule has 20 heavy (non-hydrogen) atoms. The maximum atomic E-state index is 11.9. The normalized spacial score (nSPS) is 43.5. The maximum Gasteiger partial charge on any atom is 0.312 e. The summed E-state index contributed by atoms with van der Waals surface area (Å²) in [5, 5.41) is 12.6. The molecule has 1 N–H and O–H groups in total. The molecule has 2 aliphatic heterocycles. The van der Waals surface area contributed by atoms with Crippen LogP contribution in [-0.2, 0) is 23.7 Å². The minimum Gasteiger partial charge on any atom is -0.466 e. The summed E-state index contributed by atoms with van der Waals surface area (Å²) < 4.78 is 22.2. The SMILES string of the molecule is CCOC(=O)[C@@H]1[C@H]2O[C@@H]3COC(C)(C)O[C@H]3C(=NO)[C@H]21. The molecule has 3 rings (SSSR count). The van der Waals surface area contributed by atoms with E-state index in [4.69, 9.17) is 18.9 Å². The maximum absolute atomic E-state index is 11.9. The van der Waals surface area contributed by atoms with Crippen molar-refractivity contribution < 1.29 is 28.9 Å². The van der Waals surface area contributed by atoms with E-state index in [1.54, 1.807) is 20.8 Å². The number of carbonyl (C=O) groups excluding carboxylic acids is 1. The first-order valence-electron chi connectivity index (χ1n) is 6.84. The molecule has 112 valence electrons. The number of esters is 1. The van der Waals surface area contributed by atoms with Crippen LogP contribution in [0.3, 0.4) is 0 Å². The third kappa shape index (κ3) is 2.10. The van der Waals surface area contributed by atoms with Crippen LogP contribution in [0.25, 0.3) is 0 Å². The van der Waals surface area contributed by atoms with Crippen LogP contribution in [0.5, 0.6) is 0 Å². The fraction of sp³-hybridized carbons (Fsp3) is 0.846. The summed E-state index contributed by atoms with van der Waals surface area (Å²) >= 11 is 0. The molecule has 7 nitrogen and oxygen atoms in total. The Kier molecular flexibility index (Phi) is 3.23. The molecule has 0 amide bonds. The second-order valence-corrected chi connectivity index (χ2v) is 5.72. The van der Waals surface area contributed by atoms with Gasteiger partial charge in [0.25, 0.3) is 0 Å². The average Bonchev–Trinajstić information content (AvgIpc) is 3.09. The van der Waals surface area contributed by atoms with E-state index in [-0.39, 0.29) is 24.1 Å². The zero-order chi connectivity index (χ0) is 14.5. The van der Waals surface area contributed by atoms with Crippen LogP contribution >= 0.6 is 0 Å². The summed E-state index contributed by atoms with van der Waals surface area (Å²) in [4.78, 5) is 11.9. The van der Waals surface area contributed by atoms with Gasteiger partial charge in [-0.1, -0.05) is 5.16 Å². The average molecular weight is 285 g/mol. The van der Waals surface area contributed by atoms with Crippen molar-refractivity contribution in [2.45, 2.75) is 44.9 Å². The Morgan fingerprint density at radius 2 is 2.30 bits per heavy atom. The molecule has 2 saturated heterocycles. The molecule has 1 saturated carbocycles. The van der Waals surface area contributed by atoms with Crippen LogP contribution in [0, 0.1) is 11.8 Å². The fourth-order valence-electron chi connectivity index (χ4n) is 2.99. The van der Waals surface area contributed by atoms with Gasteiger partial charge in [-0.25, -0.2) is 0 Å². The van der Waals surface area contributed by atoms with Crippen LogP contribution in [0.2, 0.25) is 0 Å². The number of oxime groups is 1. The number of fused-ring (bicyclic) bond motifs is 2. The van der Waals surface area contributed by atoms with Crippen LogP contribution in [0.15, 0.2) is 5.16 Å². The lowest BCUT2D eigenvalue weighted by molar-refractivity contribution is -0.300. The highest BCUT2D eigenvalue weighted by Gasteiger charge is 2.67. The van der Waals surface area contributed by atoms with Crippen molar-refractivity contribution in [2.24, 2.45) is 17.0 Å². The van der Waals surface area contributed by atoms with Crippen LogP contribution < -0.4 is 0 Å². The quantitative estimate of drug-likeness (QED) is 0.453. The zero-order valence-corrected chi connectivity index (χ0v) is 11.7. The van der Waals surface area contributed by atoms with Crippen molar-refractivity contribution >= 4 is 11.7 Å². The molecule has 0 aromatic heterocycles. The van der Waals surface area contributed by atoms with Gasteiger partial charge in [0.15, 0.2) is 5.79 Å². The van der Waals surface area contributed by atoms with E-state index in [9.17, 15) is 10.0 Å². The lowest BCUT2D eigenvalue weighted by Gasteiger charge is -2.42. The Hall–Kier alpha value is -1.18.